The normalized spacial score (nSPS) is 13.1. The monoisotopic (exact) mass is 1010 g/mol. The van der Waals surface area contributed by atoms with E-state index in [1.807, 2.05) is 6.08 Å². The molecule has 0 aromatic carbocycles. The van der Waals surface area contributed by atoms with Gasteiger partial charge in [-0.25, -0.2) is 0 Å². The number of hydrogen-bond donors (Lipinski definition) is 3. The molecule has 0 aliphatic heterocycles. The Hall–Kier alpha value is -1.91. The molecule has 0 bridgehead atoms. The Labute approximate surface area is 451 Å². The summed E-state index contributed by atoms with van der Waals surface area (Å²) in [5.74, 6) is -0.0577. The summed E-state index contributed by atoms with van der Waals surface area (Å²) in [4.78, 5) is 12.5. The Morgan fingerprint density at radius 1 is 0.347 bits per heavy atom. The van der Waals surface area contributed by atoms with Crippen molar-refractivity contribution in [2.24, 2.45) is 0 Å². The largest absolute Gasteiger partial charge is 0.394 e. The number of carbonyl (C=O) groups excluding carboxylic acids is 1. The smallest absolute Gasteiger partial charge is 0.220 e. The van der Waals surface area contributed by atoms with Gasteiger partial charge in [-0.05, 0) is 57.8 Å². The Morgan fingerprint density at radius 3 is 0.917 bits per heavy atom. The lowest BCUT2D eigenvalue weighted by atomic mass is 10.0. The van der Waals surface area contributed by atoms with Crippen LogP contribution in [0.5, 0.6) is 0 Å². The molecule has 3 N–H and O–H groups in total. The average Bonchev–Trinajstić information content (AvgIpc) is 3.39. The van der Waals surface area contributed by atoms with E-state index >= 15 is 0 Å². The topological polar surface area (TPSA) is 69.6 Å². The van der Waals surface area contributed by atoms with Gasteiger partial charge < -0.3 is 15.5 Å². The standard InChI is InChI=1S/C68H127NO3/c1-3-5-7-9-11-13-15-17-19-21-23-25-27-29-30-31-32-33-34-35-36-37-38-40-42-44-46-48-50-52-54-56-58-60-62-64-68(72)69-66(65-70)67(71)63-61-59-57-55-53-51-49-47-45-43-41-39-28-26-24-22-20-18-16-14-12-10-8-6-4-2/h5,7,11,13,17,19,23,25,61,63,66-67,70-71H,3-4,6,8-10,12,14-16,18,20-22,24,26-60,62,64-65H2,1-2H3,(H,69,72)/b7-5-,13-11-,19-17-,25-23-,63-61+. The quantitative estimate of drug-likeness (QED) is 0.0420. The number of unbranched alkanes of at least 4 members (excludes halogenated alkanes) is 45. The minimum absolute atomic E-state index is 0.0577. The minimum Gasteiger partial charge on any atom is -0.394 e. The Morgan fingerprint density at radius 2 is 0.611 bits per heavy atom. The number of aliphatic hydroxyl groups excluding tert-OH is 2. The zero-order valence-corrected chi connectivity index (χ0v) is 48.7. The van der Waals surface area contributed by atoms with Crippen LogP contribution in [-0.2, 0) is 4.79 Å². The van der Waals surface area contributed by atoms with Gasteiger partial charge in [0.05, 0.1) is 18.8 Å². The lowest BCUT2D eigenvalue weighted by molar-refractivity contribution is -0.123. The van der Waals surface area contributed by atoms with Crippen molar-refractivity contribution in [3.05, 3.63) is 60.8 Å². The number of amides is 1. The highest BCUT2D eigenvalue weighted by molar-refractivity contribution is 5.76. The molecule has 0 aliphatic carbocycles. The highest BCUT2D eigenvalue weighted by Gasteiger charge is 2.18. The summed E-state index contributed by atoms with van der Waals surface area (Å²) in [5.41, 5.74) is 0. The van der Waals surface area contributed by atoms with E-state index in [-0.39, 0.29) is 12.5 Å². The van der Waals surface area contributed by atoms with Crippen LogP contribution < -0.4 is 5.32 Å². The predicted octanol–water partition coefficient (Wildman–Crippen LogP) is 21.9. The Bertz CT molecular complexity index is 1190. The van der Waals surface area contributed by atoms with Crippen molar-refractivity contribution in [3.8, 4) is 0 Å². The van der Waals surface area contributed by atoms with Gasteiger partial charge in [-0.15, -0.1) is 0 Å². The molecule has 0 saturated heterocycles. The Kier molecular flexibility index (Phi) is 61.7. The fourth-order valence-electron chi connectivity index (χ4n) is 10.1. The zero-order valence-electron chi connectivity index (χ0n) is 48.7. The maximum absolute atomic E-state index is 12.5. The van der Waals surface area contributed by atoms with Crippen LogP contribution in [0.25, 0.3) is 0 Å². The van der Waals surface area contributed by atoms with Gasteiger partial charge in [0.2, 0.25) is 5.91 Å². The number of allylic oxidation sites excluding steroid dienone is 9. The van der Waals surface area contributed by atoms with Gasteiger partial charge in [0.1, 0.15) is 0 Å². The van der Waals surface area contributed by atoms with Crippen LogP contribution in [0.1, 0.15) is 348 Å². The summed E-state index contributed by atoms with van der Waals surface area (Å²) in [6, 6.07) is -0.623. The Balaban J connectivity index is 3.43. The number of aliphatic hydroxyl groups is 2. The summed E-state index contributed by atoms with van der Waals surface area (Å²) in [6.07, 6.45) is 90.0. The number of carbonyl (C=O) groups is 1. The molecular weight excluding hydrogens is 879 g/mol. The second-order valence-corrected chi connectivity index (χ2v) is 22.2. The fraction of sp³-hybridized carbons (Fsp3) is 0.838. The fourth-order valence-corrected chi connectivity index (χ4v) is 10.1. The molecule has 4 heteroatoms. The molecule has 422 valence electrons. The molecule has 1 amide bonds. The first-order valence-electron chi connectivity index (χ1n) is 32.5. The van der Waals surface area contributed by atoms with Crippen molar-refractivity contribution in [1.29, 1.82) is 0 Å². The predicted molar refractivity (Wildman–Crippen MR) is 322 cm³/mol. The molecule has 0 spiro atoms. The molecule has 4 nitrogen and oxygen atoms in total. The highest BCUT2D eigenvalue weighted by atomic mass is 16.3. The van der Waals surface area contributed by atoms with E-state index < -0.39 is 12.1 Å². The number of rotatable bonds is 60. The highest BCUT2D eigenvalue weighted by Crippen LogP contribution is 2.18. The first-order valence-corrected chi connectivity index (χ1v) is 32.5. The molecule has 0 aromatic heterocycles. The van der Waals surface area contributed by atoms with Crippen LogP contribution in [0, 0.1) is 0 Å². The van der Waals surface area contributed by atoms with E-state index in [0.29, 0.717) is 6.42 Å². The maximum atomic E-state index is 12.5. The van der Waals surface area contributed by atoms with E-state index in [1.165, 1.54) is 276 Å². The molecule has 2 unspecified atom stereocenters. The van der Waals surface area contributed by atoms with Crippen molar-refractivity contribution < 1.29 is 15.0 Å². The van der Waals surface area contributed by atoms with Crippen molar-refractivity contribution in [3.63, 3.8) is 0 Å². The zero-order chi connectivity index (χ0) is 52.0. The first-order chi connectivity index (χ1) is 35.7. The third-order valence-electron chi connectivity index (χ3n) is 15.0. The third kappa shape index (κ3) is 59.0. The van der Waals surface area contributed by atoms with Crippen molar-refractivity contribution in [1.82, 2.24) is 5.32 Å². The first kappa shape index (κ1) is 70.1. The van der Waals surface area contributed by atoms with Crippen LogP contribution in [0.4, 0.5) is 0 Å². The molecular formula is C68H127NO3. The average molecular weight is 1010 g/mol. The third-order valence-corrected chi connectivity index (χ3v) is 15.0. The molecule has 0 fully saturated rings. The van der Waals surface area contributed by atoms with Crippen LogP contribution in [0.3, 0.4) is 0 Å². The lowest BCUT2D eigenvalue weighted by Gasteiger charge is -2.20. The summed E-state index contributed by atoms with van der Waals surface area (Å²) in [5, 5.41) is 23.3. The van der Waals surface area contributed by atoms with E-state index in [0.717, 1.165) is 51.4 Å². The summed E-state index contributed by atoms with van der Waals surface area (Å²) in [6.45, 7) is 4.23. The summed E-state index contributed by atoms with van der Waals surface area (Å²) < 4.78 is 0. The number of hydrogen-bond acceptors (Lipinski definition) is 3. The van der Waals surface area contributed by atoms with Gasteiger partial charge >= 0.3 is 0 Å². The second kappa shape index (κ2) is 63.4. The SMILES string of the molecule is CC/C=C\C/C=C\C/C=C\C/C=C\CCCCCCCCCCCCCCCCCCCCCCCCC(=O)NC(CO)C(O)/C=C/CCCCCCCCCCCCCCCCCCCCCCCCC. The van der Waals surface area contributed by atoms with Gasteiger partial charge in [0, 0.05) is 6.42 Å². The van der Waals surface area contributed by atoms with Gasteiger partial charge in [0.15, 0.2) is 0 Å². The van der Waals surface area contributed by atoms with Gasteiger partial charge in [-0.2, -0.15) is 0 Å². The van der Waals surface area contributed by atoms with E-state index in [4.69, 9.17) is 0 Å². The summed E-state index contributed by atoms with van der Waals surface area (Å²) >= 11 is 0. The van der Waals surface area contributed by atoms with Crippen LogP contribution in [0.2, 0.25) is 0 Å². The van der Waals surface area contributed by atoms with Crippen molar-refractivity contribution in [2.75, 3.05) is 6.61 Å². The minimum atomic E-state index is -0.840. The van der Waals surface area contributed by atoms with Crippen LogP contribution in [-0.4, -0.2) is 34.9 Å². The second-order valence-electron chi connectivity index (χ2n) is 22.2. The lowest BCUT2D eigenvalue weighted by Crippen LogP contribution is -2.45. The van der Waals surface area contributed by atoms with Crippen molar-refractivity contribution >= 4 is 5.91 Å². The molecule has 0 aromatic rings. The van der Waals surface area contributed by atoms with Crippen molar-refractivity contribution in [2.45, 2.75) is 360 Å². The number of nitrogens with one attached hydrogen (secondary N) is 1. The molecule has 0 heterocycles. The maximum Gasteiger partial charge on any atom is 0.220 e. The summed E-state index contributed by atoms with van der Waals surface area (Å²) in [7, 11) is 0. The van der Waals surface area contributed by atoms with Gasteiger partial charge in [0.25, 0.3) is 0 Å². The van der Waals surface area contributed by atoms with Crippen LogP contribution >= 0.6 is 0 Å². The van der Waals surface area contributed by atoms with Gasteiger partial charge in [-0.3, -0.25) is 4.79 Å². The molecule has 72 heavy (non-hydrogen) atoms. The van der Waals surface area contributed by atoms with E-state index in [2.05, 4.69) is 67.8 Å². The molecule has 0 radical (unpaired) electrons. The molecule has 0 saturated carbocycles. The molecule has 0 rings (SSSR count). The van der Waals surface area contributed by atoms with E-state index in [9.17, 15) is 15.0 Å². The van der Waals surface area contributed by atoms with Gasteiger partial charge in [-0.1, -0.05) is 344 Å². The molecule has 2 atom stereocenters. The van der Waals surface area contributed by atoms with Crippen LogP contribution in [0.15, 0.2) is 60.8 Å². The van der Waals surface area contributed by atoms with E-state index in [1.54, 1.807) is 6.08 Å². The molecule has 0 aliphatic rings.